The molecule has 1 rings (SSSR count). The maximum atomic E-state index is 10.6. The Balaban J connectivity index is 2.47. The van der Waals surface area contributed by atoms with Crippen LogP contribution < -0.4 is 4.74 Å². The Morgan fingerprint density at radius 1 is 1.47 bits per heavy atom. The second-order valence-corrected chi connectivity index (χ2v) is 4.47. The van der Waals surface area contributed by atoms with Crippen molar-refractivity contribution in [3.63, 3.8) is 0 Å². The number of rotatable bonds is 5. The van der Waals surface area contributed by atoms with Crippen LogP contribution in [0.5, 0.6) is 5.75 Å². The van der Waals surface area contributed by atoms with Crippen LogP contribution in [-0.4, -0.2) is 23.4 Å². The van der Waals surface area contributed by atoms with Crippen molar-refractivity contribution in [2.24, 2.45) is 0 Å². The molecule has 1 aromatic rings. The summed E-state index contributed by atoms with van der Waals surface area (Å²) >= 11 is 1.41. The minimum Gasteiger partial charge on any atom is -0.497 e. The van der Waals surface area contributed by atoms with Crippen molar-refractivity contribution >= 4 is 17.7 Å². The zero-order chi connectivity index (χ0) is 11.3. The number of hydrogen-bond acceptors (Lipinski definition) is 3. The van der Waals surface area contributed by atoms with Gasteiger partial charge in [0.1, 0.15) is 5.75 Å². The smallest absolute Gasteiger partial charge is 0.316 e. The van der Waals surface area contributed by atoms with E-state index < -0.39 is 5.97 Å². The molecule has 0 aromatic heterocycles. The number of methoxy groups -OCH3 is 1. The molecule has 1 N–H and O–H groups in total. The monoisotopic (exact) mass is 226 g/mol. The third-order valence-corrected chi connectivity index (χ3v) is 3.21. The maximum absolute atomic E-state index is 10.6. The molecule has 0 saturated heterocycles. The normalized spacial score (nSPS) is 12.1. The third-order valence-electron chi connectivity index (χ3n) is 2.01. The largest absolute Gasteiger partial charge is 0.497 e. The number of hydrogen-bond donors (Lipinski definition) is 1. The lowest BCUT2D eigenvalue weighted by atomic mass is 10.2. The fourth-order valence-corrected chi connectivity index (χ4v) is 1.79. The first kappa shape index (κ1) is 11.9. The van der Waals surface area contributed by atoms with Gasteiger partial charge in [0.25, 0.3) is 0 Å². The average molecular weight is 226 g/mol. The van der Waals surface area contributed by atoms with E-state index in [0.29, 0.717) is 5.75 Å². The first-order valence-electron chi connectivity index (χ1n) is 4.61. The first-order chi connectivity index (χ1) is 7.13. The summed E-state index contributed by atoms with van der Waals surface area (Å²) in [6.45, 7) is 1.69. The van der Waals surface area contributed by atoms with Crippen molar-refractivity contribution in [2.75, 3.05) is 7.11 Å². The molecular weight excluding hydrogens is 212 g/mol. The van der Waals surface area contributed by atoms with Gasteiger partial charge in [-0.2, -0.15) is 0 Å². The molecule has 0 radical (unpaired) electrons. The third kappa shape index (κ3) is 3.83. The van der Waals surface area contributed by atoms with Crippen LogP contribution in [-0.2, 0) is 10.5 Å². The van der Waals surface area contributed by atoms with E-state index in [1.165, 1.54) is 11.8 Å². The van der Waals surface area contributed by atoms with Gasteiger partial charge in [0.05, 0.1) is 12.4 Å². The summed E-state index contributed by atoms with van der Waals surface area (Å²) in [4.78, 5) is 10.6. The van der Waals surface area contributed by atoms with Gasteiger partial charge in [-0.1, -0.05) is 12.1 Å². The van der Waals surface area contributed by atoms with Crippen LogP contribution in [0.2, 0.25) is 0 Å². The molecule has 82 valence electrons. The zero-order valence-electron chi connectivity index (χ0n) is 8.77. The molecular formula is C11H14O3S. The summed E-state index contributed by atoms with van der Waals surface area (Å²) in [5.74, 6) is 0.751. The van der Waals surface area contributed by atoms with Crippen LogP contribution >= 0.6 is 11.8 Å². The van der Waals surface area contributed by atoms with Gasteiger partial charge < -0.3 is 9.84 Å². The number of carboxylic acids is 1. The van der Waals surface area contributed by atoms with Crippen molar-refractivity contribution in [1.82, 2.24) is 0 Å². The zero-order valence-corrected chi connectivity index (χ0v) is 9.58. The molecule has 1 aromatic carbocycles. The maximum Gasteiger partial charge on any atom is 0.316 e. The van der Waals surface area contributed by atoms with Gasteiger partial charge in [-0.15, -0.1) is 11.8 Å². The van der Waals surface area contributed by atoms with E-state index in [4.69, 9.17) is 9.84 Å². The highest BCUT2D eigenvalue weighted by Gasteiger charge is 2.10. The number of carbonyl (C=O) groups is 1. The van der Waals surface area contributed by atoms with Crippen LogP contribution in [0.15, 0.2) is 24.3 Å². The van der Waals surface area contributed by atoms with Crippen LogP contribution in [0, 0.1) is 0 Å². The molecule has 0 spiro atoms. The van der Waals surface area contributed by atoms with Crippen LogP contribution in [0.4, 0.5) is 0 Å². The van der Waals surface area contributed by atoms with E-state index in [9.17, 15) is 4.79 Å². The van der Waals surface area contributed by atoms with Gasteiger partial charge in [-0.05, 0) is 24.6 Å². The van der Waals surface area contributed by atoms with E-state index in [1.54, 1.807) is 14.0 Å². The molecule has 1 atom stereocenters. The Hall–Kier alpha value is -1.16. The van der Waals surface area contributed by atoms with Crippen LogP contribution in [0.3, 0.4) is 0 Å². The number of thioether (sulfide) groups is 1. The van der Waals surface area contributed by atoms with Crippen molar-refractivity contribution < 1.29 is 14.6 Å². The number of ether oxygens (including phenoxy) is 1. The summed E-state index contributed by atoms with van der Waals surface area (Å²) in [5.41, 5.74) is 1.11. The van der Waals surface area contributed by atoms with Gasteiger partial charge in [0, 0.05) is 5.75 Å². The standard InChI is InChI=1S/C11H14O3S/c1-8(11(12)13)15-7-9-3-5-10(14-2)6-4-9/h3-6,8H,7H2,1-2H3,(H,12,13). The van der Waals surface area contributed by atoms with Gasteiger partial charge in [-0.25, -0.2) is 0 Å². The lowest BCUT2D eigenvalue weighted by molar-refractivity contribution is -0.136. The van der Waals surface area contributed by atoms with Gasteiger partial charge in [-0.3, -0.25) is 4.79 Å². The molecule has 0 saturated carbocycles. The predicted octanol–water partition coefficient (Wildman–Crippen LogP) is 2.40. The molecule has 0 aliphatic heterocycles. The van der Waals surface area contributed by atoms with E-state index >= 15 is 0 Å². The Bertz CT molecular complexity index is 321. The highest BCUT2D eigenvalue weighted by Crippen LogP contribution is 2.19. The Labute approximate surface area is 93.4 Å². The van der Waals surface area contributed by atoms with Crippen molar-refractivity contribution in [2.45, 2.75) is 17.9 Å². The Kier molecular flexibility index (Phi) is 4.49. The van der Waals surface area contributed by atoms with E-state index in [2.05, 4.69) is 0 Å². The Morgan fingerprint density at radius 2 is 2.07 bits per heavy atom. The van der Waals surface area contributed by atoms with Crippen molar-refractivity contribution in [3.8, 4) is 5.75 Å². The number of carboxylic acid groups (broad SMARTS) is 1. The number of benzene rings is 1. The van der Waals surface area contributed by atoms with Crippen molar-refractivity contribution in [3.05, 3.63) is 29.8 Å². The summed E-state index contributed by atoms with van der Waals surface area (Å²) in [5, 5.41) is 8.33. The molecule has 0 fully saturated rings. The minimum atomic E-state index is -0.770. The molecule has 0 aliphatic rings. The molecule has 3 nitrogen and oxygen atoms in total. The molecule has 4 heteroatoms. The van der Waals surface area contributed by atoms with Gasteiger partial charge in [0.2, 0.25) is 0 Å². The molecule has 0 amide bonds. The first-order valence-corrected chi connectivity index (χ1v) is 5.65. The topological polar surface area (TPSA) is 46.5 Å². The van der Waals surface area contributed by atoms with Crippen LogP contribution in [0.25, 0.3) is 0 Å². The average Bonchev–Trinajstić information content (AvgIpc) is 2.26. The SMILES string of the molecule is COc1ccc(CSC(C)C(=O)O)cc1. The molecule has 0 bridgehead atoms. The second-order valence-electron chi connectivity index (χ2n) is 3.14. The fourth-order valence-electron chi connectivity index (χ4n) is 1.01. The summed E-state index contributed by atoms with van der Waals surface area (Å²) in [6.07, 6.45) is 0. The summed E-state index contributed by atoms with van der Waals surface area (Å²) in [6, 6.07) is 7.64. The van der Waals surface area contributed by atoms with Gasteiger partial charge in [0.15, 0.2) is 0 Å². The van der Waals surface area contributed by atoms with E-state index in [1.807, 2.05) is 24.3 Å². The molecule has 0 heterocycles. The quantitative estimate of drug-likeness (QED) is 0.837. The highest BCUT2D eigenvalue weighted by molar-refractivity contribution is 7.99. The Morgan fingerprint density at radius 3 is 2.53 bits per heavy atom. The van der Waals surface area contributed by atoms with E-state index in [-0.39, 0.29) is 5.25 Å². The lowest BCUT2D eigenvalue weighted by Crippen LogP contribution is -2.11. The second kappa shape index (κ2) is 5.66. The predicted molar refractivity (Wildman–Crippen MR) is 61.4 cm³/mol. The minimum absolute atomic E-state index is 0.368. The highest BCUT2D eigenvalue weighted by atomic mass is 32.2. The van der Waals surface area contributed by atoms with Gasteiger partial charge >= 0.3 is 5.97 Å². The summed E-state index contributed by atoms with van der Waals surface area (Å²) < 4.78 is 5.03. The van der Waals surface area contributed by atoms with E-state index in [0.717, 1.165) is 11.3 Å². The lowest BCUT2D eigenvalue weighted by Gasteiger charge is -2.06. The molecule has 15 heavy (non-hydrogen) atoms. The molecule has 0 aliphatic carbocycles. The van der Waals surface area contributed by atoms with Crippen LogP contribution in [0.1, 0.15) is 12.5 Å². The summed E-state index contributed by atoms with van der Waals surface area (Å²) in [7, 11) is 1.62. The fraction of sp³-hybridized carbons (Fsp3) is 0.364. The molecule has 1 unspecified atom stereocenters. The van der Waals surface area contributed by atoms with Crippen molar-refractivity contribution in [1.29, 1.82) is 0 Å². The number of aliphatic carboxylic acids is 1.